The van der Waals surface area contributed by atoms with Gasteiger partial charge in [-0.1, -0.05) is 29.8 Å². The highest BCUT2D eigenvalue weighted by Gasteiger charge is 2.08. The molecule has 134 valence electrons. The molecule has 2 aromatic heterocycles. The van der Waals surface area contributed by atoms with E-state index in [9.17, 15) is 9.59 Å². The molecule has 0 spiro atoms. The predicted molar refractivity (Wildman–Crippen MR) is 103 cm³/mol. The third-order valence-corrected chi connectivity index (χ3v) is 5.16. The molecule has 0 aliphatic heterocycles. The van der Waals surface area contributed by atoms with Crippen LogP contribution in [0.3, 0.4) is 0 Å². The summed E-state index contributed by atoms with van der Waals surface area (Å²) < 4.78 is 6.70. The summed E-state index contributed by atoms with van der Waals surface area (Å²) in [6.45, 7) is 1.89. The quantitative estimate of drug-likeness (QED) is 0.473. The summed E-state index contributed by atoms with van der Waals surface area (Å²) in [7, 11) is 0. The predicted octanol–water partition coefficient (Wildman–Crippen LogP) is 3.88. The number of thioether (sulfide) groups is 1. The molecule has 5 nitrogen and oxygen atoms in total. The standard InChI is InChI=1S/C19H17ClN2O3S/c1-13-6-7-17-21-14(10-18(23)22(17)11-13)12-25-19(24)8-9-26-16-5-3-2-4-15(16)20/h2-7,10-11H,8-9,12H2,1H3. The average molecular weight is 389 g/mol. The van der Waals surface area contributed by atoms with Gasteiger partial charge in [-0.3, -0.25) is 14.0 Å². The van der Waals surface area contributed by atoms with Crippen molar-refractivity contribution in [2.45, 2.75) is 24.8 Å². The van der Waals surface area contributed by atoms with Crippen LogP contribution in [-0.4, -0.2) is 21.1 Å². The highest BCUT2D eigenvalue weighted by molar-refractivity contribution is 7.99. The van der Waals surface area contributed by atoms with E-state index in [4.69, 9.17) is 16.3 Å². The van der Waals surface area contributed by atoms with Crippen LogP contribution in [0.4, 0.5) is 0 Å². The number of halogens is 1. The molecule has 0 saturated heterocycles. The molecule has 3 rings (SSSR count). The molecule has 3 aromatic rings. The Hall–Kier alpha value is -2.31. The van der Waals surface area contributed by atoms with Crippen molar-refractivity contribution in [2.75, 3.05) is 5.75 Å². The summed E-state index contributed by atoms with van der Waals surface area (Å²) in [6.07, 6.45) is 1.98. The number of ether oxygens (including phenoxy) is 1. The van der Waals surface area contributed by atoms with Crippen LogP contribution in [0.25, 0.3) is 5.65 Å². The first-order valence-corrected chi connectivity index (χ1v) is 9.41. The first-order valence-electron chi connectivity index (χ1n) is 8.05. The third-order valence-electron chi connectivity index (χ3n) is 3.64. The van der Waals surface area contributed by atoms with E-state index in [2.05, 4.69) is 4.98 Å². The smallest absolute Gasteiger partial charge is 0.307 e. The van der Waals surface area contributed by atoms with E-state index in [0.29, 0.717) is 22.1 Å². The van der Waals surface area contributed by atoms with Gasteiger partial charge in [0.05, 0.1) is 17.1 Å². The van der Waals surface area contributed by atoms with Crippen LogP contribution in [0.15, 0.2) is 58.4 Å². The van der Waals surface area contributed by atoms with Crippen LogP contribution in [-0.2, 0) is 16.1 Å². The second kappa shape index (κ2) is 8.38. The van der Waals surface area contributed by atoms with Gasteiger partial charge in [-0.2, -0.15) is 0 Å². The Morgan fingerprint density at radius 2 is 2.08 bits per heavy atom. The van der Waals surface area contributed by atoms with Crippen LogP contribution in [0, 0.1) is 6.92 Å². The molecule has 0 saturated carbocycles. The zero-order valence-corrected chi connectivity index (χ0v) is 15.7. The number of benzene rings is 1. The van der Waals surface area contributed by atoms with Crippen molar-refractivity contribution in [3.8, 4) is 0 Å². The van der Waals surface area contributed by atoms with E-state index in [-0.39, 0.29) is 24.6 Å². The second-order valence-corrected chi connectivity index (χ2v) is 7.25. The van der Waals surface area contributed by atoms with E-state index in [1.165, 1.54) is 22.2 Å². The molecule has 0 amide bonds. The molecule has 0 bridgehead atoms. The van der Waals surface area contributed by atoms with Crippen LogP contribution in [0.5, 0.6) is 0 Å². The number of pyridine rings is 1. The van der Waals surface area contributed by atoms with Gasteiger partial charge in [-0.25, -0.2) is 4.98 Å². The van der Waals surface area contributed by atoms with Gasteiger partial charge in [-0.15, -0.1) is 11.8 Å². The van der Waals surface area contributed by atoms with E-state index >= 15 is 0 Å². The molecule has 0 atom stereocenters. The van der Waals surface area contributed by atoms with Crippen molar-refractivity contribution in [3.63, 3.8) is 0 Å². The molecule has 0 aliphatic rings. The first-order chi connectivity index (χ1) is 12.5. The molecule has 1 aromatic carbocycles. The van der Waals surface area contributed by atoms with Crippen molar-refractivity contribution >= 4 is 35.0 Å². The number of carbonyl (C=O) groups excluding carboxylic acids is 1. The van der Waals surface area contributed by atoms with Gasteiger partial charge in [0.2, 0.25) is 0 Å². The maximum atomic E-state index is 12.1. The number of nitrogens with zero attached hydrogens (tertiary/aromatic N) is 2. The van der Waals surface area contributed by atoms with Gasteiger partial charge >= 0.3 is 5.97 Å². The summed E-state index contributed by atoms with van der Waals surface area (Å²) in [5.74, 6) is 0.228. The van der Waals surface area contributed by atoms with E-state index in [1.54, 1.807) is 12.3 Å². The summed E-state index contributed by atoms with van der Waals surface area (Å²) in [5.41, 5.74) is 1.74. The highest BCUT2D eigenvalue weighted by Crippen LogP contribution is 2.26. The summed E-state index contributed by atoms with van der Waals surface area (Å²) in [4.78, 5) is 29.3. The topological polar surface area (TPSA) is 60.7 Å². The number of aryl methyl sites for hydroxylation is 1. The highest BCUT2D eigenvalue weighted by atomic mass is 35.5. The largest absolute Gasteiger partial charge is 0.459 e. The zero-order chi connectivity index (χ0) is 18.5. The lowest BCUT2D eigenvalue weighted by atomic mass is 10.3. The van der Waals surface area contributed by atoms with Crippen LogP contribution < -0.4 is 5.56 Å². The molecule has 0 radical (unpaired) electrons. The van der Waals surface area contributed by atoms with Gasteiger partial charge < -0.3 is 4.74 Å². The molecular weight excluding hydrogens is 372 g/mol. The third kappa shape index (κ3) is 4.65. The molecule has 2 heterocycles. The molecule has 0 fully saturated rings. The fourth-order valence-electron chi connectivity index (χ4n) is 2.36. The Morgan fingerprint density at radius 1 is 1.27 bits per heavy atom. The number of hydrogen-bond acceptors (Lipinski definition) is 5. The SMILES string of the molecule is Cc1ccc2nc(COC(=O)CCSc3ccccc3Cl)cc(=O)n2c1. The van der Waals surface area contributed by atoms with Gasteiger partial charge in [0, 0.05) is 22.9 Å². The molecule has 26 heavy (non-hydrogen) atoms. The Morgan fingerprint density at radius 3 is 2.88 bits per heavy atom. The van der Waals surface area contributed by atoms with Crippen LogP contribution in [0.2, 0.25) is 5.02 Å². The van der Waals surface area contributed by atoms with E-state index < -0.39 is 0 Å². The van der Waals surface area contributed by atoms with E-state index in [0.717, 1.165) is 10.5 Å². The van der Waals surface area contributed by atoms with E-state index in [1.807, 2.05) is 37.3 Å². The van der Waals surface area contributed by atoms with Crippen LogP contribution >= 0.6 is 23.4 Å². The average Bonchev–Trinajstić information content (AvgIpc) is 2.62. The number of rotatable bonds is 6. The molecular formula is C19H17ClN2O3S. The second-order valence-electron chi connectivity index (χ2n) is 5.71. The fourth-order valence-corrected chi connectivity index (χ4v) is 3.53. The number of fused-ring (bicyclic) bond motifs is 1. The van der Waals surface area contributed by atoms with Crippen molar-refractivity contribution in [2.24, 2.45) is 0 Å². The van der Waals surface area contributed by atoms with Gasteiger partial charge in [-0.05, 0) is 30.7 Å². The lowest BCUT2D eigenvalue weighted by Crippen LogP contribution is -2.17. The number of carbonyl (C=O) groups is 1. The minimum Gasteiger partial charge on any atom is -0.459 e. The number of hydrogen-bond donors (Lipinski definition) is 0. The van der Waals surface area contributed by atoms with Crippen molar-refractivity contribution in [1.82, 2.24) is 9.38 Å². The Labute approximate surface area is 160 Å². The molecule has 0 aliphatic carbocycles. The first kappa shape index (κ1) is 18.5. The zero-order valence-electron chi connectivity index (χ0n) is 14.1. The van der Waals surface area contributed by atoms with Gasteiger partial charge in [0.1, 0.15) is 12.3 Å². The fraction of sp³-hybridized carbons (Fsp3) is 0.211. The number of aromatic nitrogens is 2. The van der Waals surface area contributed by atoms with Crippen molar-refractivity contribution in [3.05, 3.63) is 75.3 Å². The lowest BCUT2D eigenvalue weighted by molar-refractivity contribution is -0.144. The van der Waals surface area contributed by atoms with Crippen molar-refractivity contribution in [1.29, 1.82) is 0 Å². The maximum Gasteiger partial charge on any atom is 0.307 e. The van der Waals surface area contributed by atoms with Crippen molar-refractivity contribution < 1.29 is 9.53 Å². The van der Waals surface area contributed by atoms with Crippen LogP contribution in [0.1, 0.15) is 17.7 Å². The minimum absolute atomic E-state index is 0.0186. The van der Waals surface area contributed by atoms with Gasteiger partial charge in [0.25, 0.3) is 5.56 Å². The minimum atomic E-state index is -0.338. The monoisotopic (exact) mass is 388 g/mol. The summed E-state index contributed by atoms with van der Waals surface area (Å²) in [6, 6.07) is 12.5. The molecule has 0 N–H and O–H groups in total. The summed E-state index contributed by atoms with van der Waals surface area (Å²) in [5, 5.41) is 0.668. The maximum absolute atomic E-state index is 12.1. The normalized spacial score (nSPS) is 10.8. The number of esters is 1. The Balaban J connectivity index is 1.54. The summed E-state index contributed by atoms with van der Waals surface area (Å²) >= 11 is 7.58. The lowest BCUT2D eigenvalue weighted by Gasteiger charge is -2.07. The Bertz CT molecular complexity index is 1000. The van der Waals surface area contributed by atoms with Gasteiger partial charge in [0.15, 0.2) is 0 Å². The Kier molecular flexibility index (Phi) is 5.96. The molecule has 0 unspecified atom stereocenters. The molecule has 7 heteroatoms.